The van der Waals surface area contributed by atoms with E-state index in [0.29, 0.717) is 0 Å². The number of alkyl halides is 3. The fourth-order valence-electron chi connectivity index (χ4n) is 1.48. The molecular weight excluding hydrogens is 355 g/mol. The number of nitrogens with one attached hydrogen (secondary N) is 1. The van der Waals surface area contributed by atoms with E-state index in [1.807, 2.05) is 0 Å². The number of amides is 1. The van der Waals surface area contributed by atoms with Gasteiger partial charge in [-0.2, -0.15) is 13.2 Å². The molecule has 1 N–H and O–H groups in total. The van der Waals surface area contributed by atoms with E-state index >= 15 is 0 Å². The third kappa shape index (κ3) is 5.37. The highest BCUT2D eigenvalue weighted by molar-refractivity contribution is 9.10. The summed E-state index contributed by atoms with van der Waals surface area (Å²) in [5.41, 5.74) is -1.06. The minimum Gasteiger partial charge on any atom is -0.466 e. The van der Waals surface area contributed by atoms with E-state index in [-0.39, 0.29) is 29.6 Å². The molecule has 0 aliphatic heterocycles. The molecule has 8 heteroatoms. The lowest BCUT2D eigenvalue weighted by atomic mass is 10.1. The molecule has 1 amide bonds. The molecule has 0 spiro atoms. The van der Waals surface area contributed by atoms with Gasteiger partial charge in [-0.05, 0) is 41.1 Å². The van der Waals surface area contributed by atoms with Crippen LogP contribution in [0.2, 0.25) is 0 Å². The van der Waals surface area contributed by atoms with E-state index in [0.717, 1.165) is 18.2 Å². The minimum atomic E-state index is -4.53. The molecule has 4 nitrogen and oxygen atoms in total. The van der Waals surface area contributed by atoms with Crippen molar-refractivity contribution in [1.29, 1.82) is 0 Å². The maximum Gasteiger partial charge on any atom is 0.416 e. The highest BCUT2D eigenvalue weighted by atomic mass is 79.9. The topological polar surface area (TPSA) is 55.4 Å². The lowest BCUT2D eigenvalue weighted by Gasteiger charge is -2.11. The average Bonchev–Trinajstić information content (AvgIpc) is 2.38. The Morgan fingerprint density at radius 3 is 2.57 bits per heavy atom. The molecule has 1 aromatic carbocycles. The van der Waals surface area contributed by atoms with Crippen LogP contribution < -0.4 is 5.32 Å². The smallest absolute Gasteiger partial charge is 0.416 e. The number of benzene rings is 1. The van der Waals surface area contributed by atoms with Gasteiger partial charge in [-0.15, -0.1) is 0 Å². The summed E-state index contributed by atoms with van der Waals surface area (Å²) in [6.07, 6.45) is -4.57. The SMILES string of the molecule is CCOC(=O)CCNC(=O)c1cc(C(F)(F)F)ccc1Br. The number of rotatable bonds is 5. The van der Waals surface area contributed by atoms with Gasteiger partial charge in [0.2, 0.25) is 0 Å². The lowest BCUT2D eigenvalue weighted by molar-refractivity contribution is -0.143. The standard InChI is InChI=1S/C13H13BrF3NO3/c1-2-21-11(19)5-6-18-12(20)9-7-8(13(15,16)17)3-4-10(9)14/h3-4,7H,2,5-6H2,1H3,(H,18,20). The molecule has 0 fully saturated rings. The van der Waals surface area contributed by atoms with Crippen LogP contribution in [0.15, 0.2) is 22.7 Å². The third-order valence-corrected chi connectivity index (χ3v) is 3.15. The predicted molar refractivity (Wildman–Crippen MR) is 72.7 cm³/mol. The van der Waals surface area contributed by atoms with Gasteiger partial charge in [-0.3, -0.25) is 9.59 Å². The predicted octanol–water partition coefficient (Wildman–Crippen LogP) is 3.15. The van der Waals surface area contributed by atoms with E-state index in [2.05, 4.69) is 26.0 Å². The van der Waals surface area contributed by atoms with Crippen molar-refractivity contribution in [3.63, 3.8) is 0 Å². The zero-order valence-electron chi connectivity index (χ0n) is 11.1. The van der Waals surface area contributed by atoms with Crippen molar-refractivity contribution in [2.24, 2.45) is 0 Å². The summed E-state index contributed by atoms with van der Waals surface area (Å²) in [7, 11) is 0. The molecule has 1 rings (SSSR count). The summed E-state index contributed by atoms with van der Waals surface area (Å²) < 4.78 is 42.7. The third-order valence-electron chi connectivity index (χ3n) is 2.46. The highest BCUT2D eigenvalue weighted by Gasteiger charge is 2.31. The van der Waals surface area contributed by atoms with Gasteiger partial charge in [0.25, 0.3) is 5.91 Å². The first-order valence-corrected chi connectivity index (χ1v) is 6.85. The molecule has 0 aliphatic rings. The molecule has 0 atom stereocenters. The Hall–Kier alpha value is -1.57. The molecule has 116 valence electrons. The van der Waals surface area contributed by atoms with Crippen LogP contribution in [0.3, 0.4) is 0 Å². The molecule has 1 aromatic rings. The highest BCUT2D eigenvalue weighted by Crippen LogP contribution is 2.31. The summed E-state index contributed by atoms with van der Waals surface area (Å²) in [6.45, 7) is 1.86. The molecule has 0 radical (unpaired) electrons. The summed E-state index contributed by atoms with van der Waals surface area (Å²) in [5, 5.41) is 2.37. The van der Waals surface area contributed by atoms with Gasteiger partial charge in [0.15, 0.2) is 0 Å². The van der Waals surface area contributed by atoms with Gasteiger partial charge >= 0.3 is 12.1 Å². The fourth-order valence-corrected chi connectivity index (χ4v) is 1.91. The Morgan fingerprint density at radius 1 is 1.33 bits per heavy atom. The minimum absolute atomic E-state index is 0.0135. The van der Waals surface area contributed by atoms with Crippen LogP contribution in [0, 0.1) is 0 Å². The quantitative estimate of drug-likeness (QED) is 0.813. The number of halogens is 4. The second kappa shape index (κ2) is 7.44. The lowest BCUT2D eigenvalue weighted by Crippen LogP contribution is -2.27. The van der Waals surface area contributed by atoms with Crippen LogP contribution in [-0.2, 0) is 15.7 Å². The first kappa shape index (κ1) is 17.5. The number of carbonyl (C=O) groups excluding carboxylic acids is 2. The normalized spacial score (nSPS) is 11.1. The zero-order chi connectivity index (χ0) is 16.0. The Bertz CT molecular complexity index is 532. The van der Waals surface area contributed by atoms with Crippen molar-refractivity contribution < 1.29 is 27.5 Å². The molecule has 0 aliphatic carbocycles. The molecule has 0 bridgehead atoms. The molecule has 0 aromatic heterocycles. The van der Waals surface area contributed by atoms with Crippen LogP contribution >= 0.6 is 15.9 Å². The van der Waals surface area contributed by atoms with Gasteiger partial charge < -0.3 is 10.1 Å². The van der Waals surface area contributed by atoms with Crippen molar-refractivity contribution in [1.82, 2.24) is 5.32 Å². The van der Waals surface area contributed by atoms with Crippen LogP contribution in [-0.4, -0.2) is 25.0 Å². The molecule has 0 saturated carbocycles. The maximum absolute atomic E-state index is 12.6. The number of carbonyl (C=O) groups is 2. The number of hydrogen-bond donors (Lipinski definition) is 1. The number of hydrogen-bond acceptors (Lipinski definition) is 3. The number of ether oxygens (including phenoxy) is 1. The Labute approximate surface area is 127 Å². The monoisotopic (exact) mass is 367 g/mol. The summed E-state index contributed by atoms with van der Waals surface area (Å²) >= 11 is 3.02. The van der Waals surface area contributed by atoms with Crippen molar-refractivity contribution in [2.75, 3.05) is 13.2 Å². The van der Waals surface area contributed by atoms with Gasteiger partial charge in [0.05, 0.1) is 24.2 Å². The molecule has 21 heavy (non-hydrogen) atoms. The first-order chi connectivity index (χ1) is 9.75. The second-order valence-electron chi connectivity index (χ2n) is 4.00. The van der Waals surface area contributed by atoms with Crippen LogP contribution in [0.5, 0.6) is 0 Å². The summed E-state index contributed by atoms with van der Waals surface area (Å²) in [5.74, 6) is -1.18. The van der Waals surface area contributed by atoms with E-state index in [4.69, 9.17) is 0 Å². The van der Waals surface area contributed by atoms with Crippen LogP contribution in [0.4, 0.5) is 13.2 Å². The summed E-state index contributed by atoms with van der Waals surface area (Å²) in [4.78, 5) is 22.9. The Balaban J connectivity index is 2.72. The van der Waals surface area contributed by atoms with Crippen molar-refractivity contribution >= 4 is 27.8 Å². The van der Waals surface area contributed by atoms with Crippen molar-refractivity contribution in [2.45, 2.75) is 19.5 Å². The number of esters is 1. The van der Waals surface area contributed by atoms with Crippen molar-refractivity contribution in [3.8, 4) is 0 Å². The van der Waals surface area contributed by atoms with E-state index in [9.17, 15) is 22.8 Å². The van der Waals surface area contributed by atoms with E-state index in [1.165, 1.54) is 0 Å². The van der Waals surface area contributed by atoms with Gasteiger partial charge in [-0.25, -0.2) is 0 Å². The second-order valence-corrected chi connectivity index (χ2v) is 4.86. The molecule has 0 saturated heterocycles. The molecule has 0 unspecified atom stereocenters. The van der Waals surface area contributed by atoms with E-state index < -0.39 is 23.6 Å². The van der Waals surface area contributed by atoms with Crippen LogP contribution in [0.1, 0.15) is 29.3 Å². The van der Waals surface area contributed by atoms with Crippen LogP contribution in [0.25, 0.3) is 0 Å². The Kier molecular flexibility index (Phi) is 6.19. The van der Waals surface area contributed by atoms with E-state index in [1.54, 1.807) is 6.92 Å². The van der Waals surface area contributed by atoms with Crippen molar-refractivity contribution in [3.05, 3.63) is 33.8 Å². The fraction of sp³-hybridized carbons (Fsp3) is 0.385. The Morgan fingerprint density at radius 2 is 2.00 bits per heavy atom. The molecular formula is C13H13BrF3NO3. The first-order valence-electron chi connectivity index (χ1n) is 6.06. The largest absolute Gasteiger partial charge is 0.466 e. The summed E-state index contributed by atoms with van der Waals surface area (Å²) in [6, 6.07) is 2.78. The zero-order valence-corrected chi connectivity index (χ0v) is 12.7. The van der Waals surface area contributed by atoms with Gasteiger partial charge in [-0.1, -0.05) is 0 Å². The average molecular weight is 368 g/mol. The van der Waals surface area contributed by atoms with Gasteiger partial charge in [0, 0.05) is 11.0 Å². The maximum atomic E-state index is 12.6. The molecule has 0 heterocycles. The van der Waals surface area contributed by atoms with Gasteiger partial charge in [0.1, 0.15) is 0 Å².